The number of nitro benzene ring substituents is 1. The Bertz CT molecular complexity index is 731. The first-order valence-corrected chi connectivity index (χ1v) is 5.94. The summed E-state index contributed by atoms with van der Waals surface area (Å²) >= 11 is 0. The van der Waals surface area contributed by atoms with Crippen LogP contribution in [0.25, 0.3) is 0 Å². The van der Waals surface area contributed by atoms with Gasteiger partial charge in [0.15, 0.2) is 0 Å². The standard InChI is InChI=1S/C14H11FN2O4/c1-8-3-2-4-12(17(20)21)13(8)16-11-6-5-9(14(18)19)7-10(11)15/h2-7,16H,1H3,(H,18,19). The molecule has 7 heteroatoms. The zero-order valence-electron chi connectivity index (χ0n) is 11.0. The molecule has 2 aromatic rings. The van der Waals surface area contributed by atoms with E-state index < -0.39 is 16.7 Å². The maximum absolute atomic E-state index is 13.9. The van der Waals surface area contributed by atoms with E-state index in [0.29, 0.717) is 5.56 Å². The molecule has 0 bridgehead atoms. The third-order valence-corrected chi connectivity index (χ3v) is 2.92. The fraction of sp³-hybridized carbons (Fsp3) is 0.0714. The Morgan fingerprint density at radius 3 is 2.62 bits per heavy atom. The first kappa shape index (κ1) is 14.4. The van der Waals surface area contributed by atoms with E-state index in [0.717, 1.165) is 6.07 Å². The summed E-state index contributed by atoms with van der Waals surface area (Å²) in [5, 5.41) is 22.4. The Morgan fingerprint density at radius 1 is 1.33 bits per heavy atom. The van der Waals surface area contributed by atoms with E-state index in [-0.39, 0.29) is 22.6 Å². The van der Waals surface area contributed by atoms with Gasteiger partial charge in [0.05, 0.1) is 16.2 Å². The number of aromatic carboxylic acids is 1. The number of carboxylic acids is 1. The zero-order valence-corrected chi connectivity index (χ0v) is 11.0. The summed E-state index contributed by atoms with van der Waals surface area (Å²) in [4.78, 5) is 21.2. The number of halogens is 1. The van der Waals surface area contributed by atoms with E-state index in [2.05, 4.69) is 5.32 Å². The average molecular weight is 290 g/mol. The number of rotatable bonds is 4. The molecule has 2 N–H and O–H groups in total. The van der Waals surface area contributed by atoms with Crippen LogP contribution in [0, 0.1) is 22.9 Å². The Labute approximate surface area is 119 Å². The van der Waals surface area contributed by atoms with Gasteiger partial charge in [0, 0.05) is 6.07 Å². The van der Waals surface area contributed by atoms with E-state index in [1.54, 1.807) is 13.0 Å². The minimum Gasteiger partial charge on any atom is -0.478 e. The van der Waals surface area contributed by atoms with Gasteiger partial charge in [-0.3, -0.25) is 10.1 Å². The van der Waals surface area contributed by atoms with Crippen molar-refractivity contribution in [2.75, 3.05) is 5.32 Å². The number of benzene rings is 2. The van der Waals surface area contributed by atoms with E-state index in [4.69, 9.17) is 5.11 Å². The van der Waals surface area contributed by atoms with Gasteiger partial charge in [-0.15, -0.1) is 0 Å². The molecule has 0 aliphatic carbocycles. The van der Waals surface area contributed by atoms with Crippen LogP contribution in [0.5, 0.6) is 0 Å². The van der Waals surface area contributed by atoms with Crippen molar-refractivity contribution in [1.29, 1.82) is 0 Å². The third kappa shape index (κ3) is 2.97. The van der Waals surface area contributed by atoms with Crippen LogP contribution in [0.4, 0.5) is 21.5 Å². The summed E-state index contributed by atoms with van der Waals surface area (Å²) in [5.74, 6) is -2.05. The highest BCUT2D eigenvalue weighted by Gasteiger charge is 2.17. The normalized spacial score (nSPS) is 10.2. The predicted octanol–water partition coefficient (Wildman–Crippen LogP) is 3.48. The van der Waals surface area contributed by atoms with Crippen LogP contribution in [0.1, 0.15) is 15.9 Å². The molecular formula is C14H11FN2O4. The molecule has 0 atom stereocenters. The smallest absolute Gasteiger partial charge is 0.335 e. The first-order chi connectivity index (χ1) is 9.90. The van der Waals surface area contributed by atoms with Crippen molar-refractivity contribution < 1.29 is 19.2 Å². The van der Waals surface area contributed by atoms with Crippen LogP contribution in [-0.4, -0.2) is 16.0 Å². The maximum Gasteiger partial charge on any atom is 0.335 e. The van der Waals surface area contributed by atoms with Gasteiger partial charge in [-0.2, -0.15) is 0 Å². The predicted molar refractivity (Wildman–Crippen MR) is 74.5 cm³/mol. The molecule has 108 valence electrons. The highest BCUT2D eigenvalue weighted by molar-refractivity contribution is 5.88. The highest BCUT2D eigenvalue weighted by atomic mass is 19.1. The molecule has 0 amide bonds. The Hall–Kier alpha value is -2.96. The van der Waals surface area contributed by atoms with E-state index in [1.807, 2.05) is 0 Å². The van der Waals surface area contributed by atoms with E-state index >= 15 is 0 Å². The van der Waals surface area contributed by atoms with Gasteiger partial charge in [0.25, 0.3) is 5.69 Å². The lowest BCUT2D eigenvalue weighted by Gasteiger charge is -2.11. The second kappa shape index (κ2) is 5.58. The zero-order chi connectivity index (χ0) is 15.6. The fourth-order valence-electron chi connectivity index (χ4n) is 1.85. The first-order valence-electron chi connectivity index (χ1n) is 5.94. The van der Waals surface area contributed by atoms with Crippen molar-refractivity contribution in [2.45, 2.75) is 6.92 Å². The summed E-state index contributed by atoms with van der Waals surface area (Å²) in [6.07, 6.45) is 0. The summed E-state index contributed by atoms with van der Waals surface area (Å²) in [6.45, 7) is 1.65. The van der Waals surface area contributed by atoms with Crippen molar-refractivity contribution in [3.63, 3.8) is 0 Å². The second-order valence-corrected chi connectivity index (χ2v) is 4.35. The SMILES string of the molecule is Cc1cccc([N+](=O)[O-])c1Nc1ccc(C(=O)O)cc1F. The molecule has 0 saturated carbocycles. The molecule has 0 fully saturated rings. The van der Waals surface area contributed by atoms with Crippen LogP contribution in [0.15, 0.2) is 36.4 Å². The number of nitro groups is 1. The molecule has 21 heavy (non-hydrogen) atoms. The number of carbonyl (C=O) groups is 1. The van der Waals surface area contributed by atoms with Gasteiger partial charge in [-0.25, -0.2) is 9.18 Å². The lowest BCUT2D eigenvalue weighted by Crippen LogP contribution is -2.03. The Kier molecular flexibility index (Phi) is 3.84. The van der Waals surface area contributed by atoms with Crippen molar-refractivity contribution >= 4 is 23.0 Å². The van der Waals surface area contributed by atoms with E-state index in [1.165, 1.54) is 24.3 Å². The number of anilines is 2. The number of nitrogens with one attached hydrogen (secondary N) is 1. The van der Waals surface area contributed by atoms with Gasteiger partial charge < -0.3 is 10.4 Å². The van der Waals surface area contributed by atoms with Crippen LogP contribution in [0.3, 0.4) is 0 Å². The Morgan fingerprint density at radius 2 is 2.05 bits per heavy atom. The van der Waals surface area contributed by atoms with Gasteiger partial charge in [-0.05, 0) is 30.7 Å². The van der Waals surface area contributed by atoms with Crippen molar-refractivity contribution in [3.05, 3.63) is 63.5 Å². The topological polar surface area (TPSA) is 92.5 Å². The number of hydrogen-bond donors (Lipinski definition) is 2. The van der Waals surface area contributed by atoms with Crippen molar-refractivity contribution in [1.82, 2.24) is 0 Å². The van der Waals surface area contributed by atoms with Crippen molar-refractivity contribution in [2.24, 2.45) is 0 Å². The van der Waals surface area contributed by atoms with Crippen LogP contribution < -0.4 is 5.32 Å². The largest absolute Gasteiger partial charge is 0.478 e. The summed E-state index contributed by atoms with van der Waals surface area (Å²) in [7, 11) is 0. The average Bonchev–Trinajstić information content (AvgIpc) is 2.42. The molecule has 0 aliphatic rings. The molecule has 0 saturated heterocycles. The molecule has 0 radical (unpaired) electrons. The maximum atomic E-state index is 13.9. The number of nitrogens with zero attached hydrogens (tertiary/aromatic N) is 1. The van der Waals surface area contributed by atoms with Gasteiger partial charge in [0.2, 0.25) is 0 Å². The minimum atomic E-state index is -1.25. The molecule has 2 rings (SSSR count). The number of aryl methyl sites for hydroxylation is 1. The number of carboxylic acid groups (broad SMARTS) is 1. The lowest BCUT2D eigenvalue weighted by atomic mass is 10.1. The third-order valence-electron chi connectivity index (χ3n) is 2.92. The van der Waals surface area contributed by atoms with Gasteiger partial charge in [-0.1, -0.05) is 12.1 Å². The van der Waals surface area contributed by atoms with Gasteiger partial charge >= 0.3 is 5.97 Å². The number of para-hydroxylation sites is 1. The van der Waals surface area contributed by atoms with Crippen LogP contribution >= 0.6 is 0 Å². The molecule has 0 aromatic heterocycles. The molecule has 6 nitrogen and oxygen atoms in total. The van der Waals surface area contributed by atoms with E-state index in [9.17, 15) is 19.3 Å². The molecule has 0 unspecified atom stereocenters. The molecule has 0 spiro atoms. The summed E-state index contributed by atoms with van der Waals surface area (Å²) < 4.78 is 13.9. The second-order valence-electron chi connectivity index (χ2n) is 4.35. The fourth-order valence-corrected chi connectivity index (χ4v) is 1.85. The molecule has 0 aliphatic heterocycles. The number of hydrogen-bond acceptors (Lipinski definition) is 4. The molecular weight excluding hydrogens is 279 g/mol. The van der Waals surface area contributed by atoms with Crippen LogP contribution in [0.2, 0.25) is 0 Å². The minimum absolute atomic E-state index is 0.0302. The Balaban J connectivity index is 2.44. The lowest BCUT2D eigenvalue weighted by molar-refractivity contribution is -0.384. The molecule has 0 heterocycles. The molecule has 2 aromatic carbocycles. The summed E-state index contributed by atoms with van der Waals surface area (Å²) in [6, 6.07) is 7.79. The van der Waals surface area contributed by atoms with Gasteiger partial charge in [0.1, 0.15) is 11.5 Å². The summed E-state index contributed by atoms with van der Waals surface area (Å²) in [5.41, 5.74) is 0.335. The van der Waals surface area contributed by atoms with Crippen LogP contribution in [-0.2, 0) is 0 Å². The van der Waals surface area contributed by atoms with Crippen molar-refractivity contribution in [3.8, 4) is 0 Å². The quantitative estimate of drug-likeness (QED) is 0.664. The highest BCUT2D eigenvalue weighted by Crippen LogP contribution is 2.31. The monoisotopic (exact) mass is 290 g/mol.